The molecule has 2 nitrogen and oxygen atoms in total. The normalized spacial score (nSPS) is 12.9. The van der Waals surface area contributed by atoms with Crippen molar-refractivity contribution in [2.45, 2.75) is 33.4 Å². The van der Waals surface area contributed by atoms with E-state index in [1.54, 1.807) is 0 Å². The molecule has 0 amide bonds. The second-order valence-corrected chi connectivity index (χ2v) is 4.04. The molecule has 0 aromatic heterocycles. The van der Waals surface area contributed by atoms with Crippen LogP contribution < -0.4 is 5.32 Å². The molecule has 0 bridgehead atoms. The van der Waals surface area contributed by atoms with Gasteiger partial charge in [0.1, 0.15) is 0 Å². The van der Waals surface area contributed by atoms with Gasteiger partial charge in [0.15, 0.2) is 0 Å². The minimum atomic E-state index is 0.103. The summed E-state index contributed by atoms with van der Waals surface area (Å²) in [4.78, 5) is 0. The first-order valence-electron chi connectivity index (χ1n) is 5.10. The van der Waals surface area contributed by atoms with Gasteiger partial charge in [0, 0.05) is 11.7 Å². The zero-order chi connectivity index (χ0) is 10.6. The van der Waals surface area contributed by atoms with Crippen LogP contribution in [0.2, 0.25) is 0 Å². The molecular formula is C12H19NO. The van der Waals surface area contributed by atoms with Crippen molar-refractivity contribution in [3.8, 4) is 0 Å². The van der Waals surface area contributed by atoms with Crippen LogP contribution in [0.5, 0.6) is 0 Å². The summed E-state index contributed by atoms with van der Waals surface area (Å²) < 4.78 is 0. The maximum atomic E-state index is 8.98. The fourth-order valence-electron chi connectivity index (χ4n) is 1.19. The number of aliphatic hydroxyl groups excluding tert-OH is 1. The van der Waals surface area contributed by atoms with Gasteiger partial charge in [-0.05, 0) is 30.5 Å². The molecule has 0 heterocycles. The van der Waals surface area contributed by atoms with Gasteiger partial charge < -0.3 is 10.4 Å². The van der Waals surface area contributed by atoms with Crippen molar-refractivity contribution >= 4 is 5.69 Å². The van der Waals surface area contributed by atoms with Crippen LogP contribution in [0, 0.1) is 5.92 Å². The van der Waals surface area contributed by atoms with E-state index >= 15 is 0 Å². The Morgan fingerprint density at radius 1 is 1.29 bits per heavy atom. The third-order valence-electron chi connectivity index (χ3n) is 2.50. The molecule has 0 aliphatic rings. The van der Waals surface area contributed by atoms with Crippen LogP contribution in [0.15, 0.2) is 24.3 Å². The number of hydrogen-bond acceptors (Lipinski definition) is 2. The number of aliphatic hydroxyl groups is 1. The molecule has 1 aromatic carbocycles. The zero-order valence-corrected chi connectivity index (χ0v) is 9.12. The molecule has 2 N–H and O–H groups in total. The standard InChI is InChI=1S/C12H19NO/c1-9(2)10(3)13-12-6-4-5-11(7-12)8-14/h4-7,9-10,13-14H,8H2,1-3H3. The molecule has 1 aromatic rings. The summed E-state index contributed by atoms with van der Waals surface area (Å²) in [5, 5.41) is 12.4. The molecule has 1 unspecified atom stereocenters. The summed E-state index contributed by atoms with van der Waals surface area (Å²) in [5.41, 5.74) is 2.03. The highest BCUT2D eigenvalue weighted by Gasteiger charge is 2.06. The average Bonchev–Trinajstić information content (AvgIpc) is 2.18. The van der Waals surface area contributed by atoms with Crippen molar-refractivity contribution < 1.29 is 5.11 Å². The molecule has 1 rings (SSSR count). The van der Waals surface area contributed by atoms with E-state index in [0.29, 0.717) is 12.0 Å². The molecule has 0 saturated heterocycles. The Morgan fingerprint density at radius 3 is 2.57 bits per heavy atom. The van der Waals surface area contributed by atoms with E-state index in [9.17, 15) is 0 Å². The molecule has 14 heavy (non-hydrogen) atoms. The number of anilines is 1. The van der Waals surface area contributed by atoms with E-state index in [4.69, 9.17) is 5.11 Å². The predicted octanol–water partition coefficient (Wildman–Crippen LogP) is 2.64. The number of hydrogen-bond donors (Lipinski definition) is 2. The van der Waals surface area contributed by atoms with Crippen molar-refractivity contribution in [2.24, 2.45) is 5.92 Å². The van der Waals surface area contributed by atoms with Gasteiger partial charge in [-0.25, -0.2) is 0 Å². The van der Waals surface area contributed by atoms with E-state index in [-0.39, 0.29) is 6.61 Å². The number of nitrogens with one attached hydrogen (secondary N) is 1. The van der Waals surface area contributed by atoms with E-state index in [0.717, 1.165) is 11.3 Å². The lowest BCUT2D eigenvalue weighted by Gasteiger charge is -2.19. The van der Waals surface area contributed by atoms with Crippen LogP contribution in [-0.4, -0.2) is 11.1 Å². The van der Waals surface area contributed by atoms with Gasteiger partial charge in [0.25, 0.3) is 0 Å². The summed E-state index contributed by atoms with van der Waals surface area (Å²) >= 11 is 0. The third-order valence-corrected chi connectivity index (χ3v) is 2.50. The zero-order valence-electron chi connectivity index (χ0n) is 9.12. The van der Waals surface area contributed by atoms with Crippen LogP contribution in [0.25, 0.3) is 0 Å². The Hall–Kier alpha value is -1.02. The van der Waals surface area contributed by atoms with Gasteiger partial charge in [0.2, 0.25) is 0 Å². The molecule has 0 aliphatic carbocycles. The molecule has 0 radical (unpaired) electrons. The Bertz CT molecular complexity index is 283. The fourth-order valence-corrected chi connectivity index (χ4v) is 1.19. The average molecular weight is 193 g/mol. The Labute approximate surface area is 86.0 Å². The van der Waals surface area contributed by atoms with Gasteiger partial charge in [-0.1, -0.05) is 26.0 Å². The lowest BCUT2D eigenvalue weighted by Crippen LogP contribution is -2.21. The number of rotatable bonds is 4. The highest BCUT2D eigenvalue weighted by atomic mass is 16.3. The first-order valence-corrected chi connectivity index (χ1v) is 5.10. The van der Waals surface area contributed by atoms with Crippen molar-refractivity contribution in [2.75, 3.05) is 5.32 Å². The quantitative estimate of drug-likeness (QED) is 0.770. The monoisotopic (exact) mass is 193 g/mol. The molecular weight excluding hydrogens is 174 g/mol. The van der Waals surface area contributed by atoms with Gasteiger partial charge in [-0.3, -0.25) is 0 Å². The van der Waals surface area contributed by atoms with Gasteiger partial charge >= 0.3 is 0 Å². The maximum absolute atomic E-state index is 8.98. The third kappa shape index (κ3) is 3.04. The summed E-state index contributed by atoms with van der Waals surface area (Å²) in [6.45, 7) is 6.64. The smallest absolute Gasteiger partial charge is 0.0682 e. The molecule has 1 atom stereocenters. The largest absolute Gasteiger partial charge is 0.392 e. The highest BCUT2D eigenvalue weighted by molar-refractivity contribution is 5.46. The summed E-state index contributed by atoms with van der Waals surface area (Å²) in [6, 6.07) is 8.34. The Kier molecular flexibility index (Phi) is 3.96. The first-order chi connectivity index (χ1) is 6.63. The fraction of sp³-hybridized carbons (Fsp3) is 0.500. The summed E-state index contributed by atoms with van der Waals surface area (Å²) in [5.74, 6) is 0.604. The Balaban J connectivity index is 2.66. The summed E-state index contributed by atoms with van der Waals surface area (Å²) in [7, 11) is 0. The topological polar surface area (TPSA) is 32.3 Å². The van der Waals surface area contributed by atoms with Crippen molar-refractivity contribution in [1.82, 2.24) is 0 Å². The maximum Gasteiger partial charge on any atom is 0.0682 e. The molecule has 0 fully saturated rings. The minimum absolute atomic E-state index is 0.103. The SMILES string of the molecule is CC(C)C(C)Nc1cccc(CO)c1. The second kappa shape index (κ2) is 5.01. The van der Waals surface area contributed by atoms with Crippen LogP contribution in [0.3, 0.4) is 0 Å². The van der Waals surface area contributed by atoms with Crippen molar-refractivity contribution in [1.29, 1.82) is 0 Å². The molecule has 0 saturated carbocycles. The van der Waals surface area contributed by atoms with Crippen LogP contribution >= 0.6 is 0 Å². The van der Waals surface area contributed by atoms with Crippen LogP contribution in [0.1, 0.15) is 26.3 Å². The molecule has 0 spiro atoms. The summed E-state index contributed by atoms with van der Waals surface area (Å²) in [6.07, 6.45) is 0. The van der Waals surface area contributed by atoms with Crippen molar-refractivity contribution in [3.63, 3.8) is 0 Å². The molecule has 78 valence electrons. The lowest BCUT2D eigenvalue weighted by molar-refractivity contribution is 0.282. The van der Waals surface area contributed by atoms with Gasteiger partial charge in [-0.2, -0.15) is 0 Å². The van der Waals surface area contributed by atoms with E-state index in [1.165, 1.54) is 0 Å². The van der Waals surface area contributed by atoms with Crippen molar-refractivity contribution in [3.05, 3.63) is 29.8 Å². The first kappa shape index (κ1) is 11.1. The van der Waals surface area contributed by atoms with E-state index in [1.807, 2.05) is 24.3 Å². The van der Waals surface area contributed by atoms with E-state index < -0.39 is 0 Å². The minimum Gasteiger partial charge on any atom is -0.392 e. The van der Waals surface area contributed by atoms with Crippen LogP contribution in [-0.2, 0) is 6.61 Å². The van der Waals surface area contributed by atoms with Gasteiger partial charge in [0.05, 0.1) is 6.61 Å². The lowest BCUT2D eigenvalue weighted by atomic mass is 10.1. The highest BCUT2D eigenvalue weighted by Crippen LogP contribution is 2.14. The predicted molar refractivity (Wildman–Crippen MR) is 60.3 cm³/mol. The van der Waals surface area contributed by atoms with E-state index in [2.05, 4.69) is 26.1 Å². The molecule has 2 heteroatoms. The second-order valence-electron chi connectivity index (χ2n) is 4.04. The van der Waals surface area contributed by atoms with Crippen LogP contribution in [0.4, 0.5) is 5.69 Å². The molecule has 0 aliphatic heterocycles. The van der Waals surface area contributed by atoms with Gasteiger partial charge in [-0.15, -0.1) is 0 Å². The number of benzene rings is 1. The Morgan fingerprint density at radius 2 is 2.00 bits per heavy atom.